The minimum absolute atomic E-state index is 0.273. The Morgan fingerprint density at radius 3 is 2.41 bits per heavy atom. The number of nitrogens with zero attached hydrogens (tertiary/aromatic N) is 2. The summed E-state index contributed by atoms with van der Waals surface area (Å²) in [7, 11) is -3.05. The van der Waals surface area contributed by atoms with E-state index in [9.17, 15) is 26.4 Å². The van der Waals surface area contributed by atoms with E-state index in [1.807, 2.05) is 4.72 Å². The molecular weight excluding hydrogens is 493 g/mol. The highest BCUT2D eigenvalue weighted by Gasteiger charge is 2.23. The largest absolute Gasteiger partial charge is 0.352 e. The lowest BCUT2D eigenvalue weighted by Gasteiger charge is -2.17. The summed E-state index contributed by atoms with van der Waals surface area (Å²) in [5.74, 6) is -2.95. The molecule has 2 N–H and O–H groups in total. The van der Waals surface area contributed by atoms with Gasteiger partial charge in [0.1, 0.15) is 22.3 Å². The van der Waals surface area contributed by atoms with E-state index in [0.717, 1.165) is 18.2 Å². The van der Waals surface area contributed by atoms with E-state index in [2.05, 4.69) is 10.3 Å². The van der Waals surface area contributed by atoms with Gasteiger partial charge in [-0.15, -0.1) is 0 Å². The van der Waals surface area contributed by atoms with Crippen molar-refractivity contribution >= 4 is 49.6 Å². The van der Waals surface area contributed by atoms with Gasteiger partial charge < -0.3 is 9.88 Å². The SMILES string of the molecule is Cc1c(Nc2c(F)ccc(NS(=O)(=O)c3cc(F)ccc3F)c2Cl)ccc2ncn(C)c(=O)c12. The standard InChI is InChI=1S/C22H16ClF3N4O3S/c1-11-15(7-8-16-19(11)22(31)30(2)10-27-16)28-21-14(26)5-6-17(20(21)23)29-34(32,33)18-9-12(24)3-4-13(18)25/h3-10,28-29H,1-2H3. The van der Waals surface area contributed by atoms with E-state index in [1.165, 1.54) is 10.9 Å². The molecule has 0 saturated carbocycles. The van der Waals surface area contributed by atoms with Crippen LogP contribution in [0.5, 0.6) is 0 Å². The maximum absolute atomic E-state index is 14.7. The number of benzene rings is 3. The second-order valence-electron chi connectivity index (χ2n) is 7.38. The van der Waals surface area contributed by atoms with Gasteiger partial charge in [-0.1, -0.05) is 11.6 Å². The molecule has 176 valence electrons. The summed E-state index contributed by atoms with van der Waals surface area (Å²) < 4.78 is 70.7. The Labute approximate surface area is 196 Å². The lowest BCUT2D eigenvalue weighted by Crippen LogP contribution is -2.18. The third-order valence-electron chi connectivity index (χ3n) is 5.13. The van der Waals surface area contributed by atoms with Crippen molar-refractivity contribution in [3.63, 3.8) is 0 Å². The van der Waals surface area contributed by atoms with Gasteiger partial charge in [-0.3, -0.25) is 9.52 Å². The maximum Gasteiger partial charge on any atom is 0.264 e. The minimum Gasteiger partial charge on any atom is -0.352 e. The summed E-state index contributed by atoms with van der Waals surface area (Å²) in [4.78, 5) is 15.8. The van der Waals surface area contributed by atoms with Gasteiger partial charge in [-0.05, 0) is 55.0 Å². The van der Waals surface area contributed by atoms with Gasteiger partial charge in [0.05, 0.1) is 33.6 Å². The van der Waals surface area contributed by atoms with Crippen LogP contribution in [0.1, 0.15) is 5.56 Å². The molecule has 4 aromatic rings. The zero-order valence-corrected chi connectivity index (χ0v) is 19.2. The van der Waals surface area contributed by atoms with Gasteiger partial charge in [0, 0.05) is 12.7 Å². The third kappa shape index (κ3) is 4.19. The smallest absolute Gasteiger partial charge is 0.264 e. The molecule has 4 rings (SSSR count). The Balaban J connectivity index is 1.76. The molecule has 0 aliphatic heterocycles. The molecule has 1 heterocycles. The van der Waals surface area contributed by atoms with Gasteiger partial charge in [0.25, 0.3) is 15.6 Å². The van der Waals surface area contributed by atoms with Crippen LogP contribution < -0.4 is 15.6 Å². The maximum atomic E-state index is 14.7. The van der Waals surface area contributed by atoms with Gasteiger partial charge in [0.2, 0.25) is 0 Å². The van der Waals surface area contributed by atoms with Crippen LogP contribution in [0.3, 0.4) is 0 Å². The van der Waals surface area contributed by atoms with Crippen LogP contribution in [0.15, 0.2) is 58.5 Å². The van der Waals surface area contributed by atoms with Crippen molar-refractivity contribution in [2.24, 2.45) is 7.05 Å². The topological polar surface area (TPSA) is 93.1 Å². The predicted octanol–water partition coefficient (Wildman–Crippen LogP) is 4.86. The predicted molar refractivity (Wildman–Crippen MR) is 124 cm³/mol. The molecule has 7 nitrogen and oxygen atoms in total. The molecule has 3 aromatic carbocycles. The molecule has 0 fully saturated rings. The molecule has 1 aromatic heterocycles. The molecule has 0 aliphatic carbocycles. The fourth-order valence-corrected chi connectivity index (χ4v) is 4.82. The summed E-state index contributed by atoms with van der Waals surface area (Å²) in [6, 6.07) is 7.09. The monoisotopic (exact) mass is 508 g/mol. The summed E-state index contributed by atoms with van der Waals surface area (Å²) >= 11 is 6.28. The first-order valence-corrected chi connectivity index (χ1v) is 11.5. The zero-order chi connectivity index (χ0) is 24.8. The van der Waals surface area contributed by atoms with E-state index in [-0.39, 0.29) is 22.0 Å². The lowest BCUT2D eigenvalue weighted by atomic mass is 10.1. The molecule has 34 heavy (non-hydrogen) atoms. The van der Waals surface area contributed by atoms with Crippen molar-refractivity contribution in [1.29, 1.82) is 0 Å². The minimum atomic E-state index is -4.59. The number of anilines is 3. The first kappa shape index (κ1) is 23.6. The van der Waals surface area contributed by atoms with E-state index >= 15 is 0 Å². The molecule has 0 bridgehead atoms. The number of hydrogen-bond acceptors (Lipinski definition) is 5. The third-order valence-corrected chi connectivity index (χ3v) is 6.90. The number of halogens is 4. The van der Waals surface area contributed by atoms with Gasteiger partial charge >= 0.3 is 0 Å². The van der Waals surface area contributed by atoms with Crippen LogP contribution in [0.4, 0.5) is 30.2 Å². The molecule has 0 amide bonds. The molecule has 0 spiro atoms. The number of nitrogens with one attached hydrogen (secondary N) is 2. The molecule has 0 atom stereocenters. The first-order chi connectivity index (χ1) is 16.0. The van der Waals surface area contributed by atoms with E-state index in [1.54, 1.807) is 26.1 Å². The number of fused-ring (bicyclic) bond motifs is 1. The highest BCUT2D eigenvalue weighted by molar-refractivity contribution is 7.92. The molecule has 0 saturated heterocycles. The van der Waals surface area contributed by atoms with E-state index in [4.69, 9.17) is 11.6 Å². The van der Waals surface area contributed by atoms with Crippen LogP contribution in [-0.2, 0) is 17.1 Å². The number of aromatic nitrogens is 2. The van der Waals surface area contributed by atoms with Crippen molar-refractivity contribution in [2.45, 2.75) is 11.8 Å². The van der Waals surface area contributed by atoms with Crippen LogP contribution >= 0.6 is 11.6 Å². The lowest BCUT2D eigenvalue weighted by molar-refractivity contribution is 0.555. The Kier molecular flexibility index (Phi) is 6.00. The van der Waals surface area contributed by atoms with Crippen LogP contribution in [0, 0.1) is 24.4 Å². The average molecular weight is 509 g/mol. The quantitative estimate of drug-likeness (QED) is 0.402. The van der Waals surface area contributed by atoms with Crippen LogP contribution in [0.2, 0.25) is 5.02 Å². The zero-order valence-electron chi connectivity index (χ0n) is 17.7. The van der Waals surface area contributed by atoms with E-state index < -0.39 is 32.4 Å². The van der Waals surface area contributed by atoms with Crippen molar-refractivity contribution < 1.29 is 21.6 Å². The highest BCUT2D eigenvalue weighted by atomic mass is 35.5. The second kappa shape index (κ2) is 8.65. The molecule has 0 aliphatic rings. The van der Waals surface area contributed by atoms with E-state index in [0.29, 0.717) is 34.3 Å². The second-order valence-corrected chi connectivity index (χ2v) is 9.41. The fourth-order valence-electron chi connectivity index (χ4n) is 3.35. The Morgan fingerprint density at radius 1 is 1.00 bits per heavy atom. The first-order valence-electron chi connectivity index (χ1n) is 9.67. The molecule has 0 unspecified atom stereocenters. The Hall–Kier alpha value is -3.57. The number of rotatable bonds is 5. The van der Waals surface area contributed by atoms with Crippen LogP contribution in [-0.4, -0.2) is 18.0 Å². The normalized spacial score (nSPS) is 11.6. The number of sulfonamides is 1. The van der Waals surface area contributed by atoms with Gasteiger partial charge in [-0.25, -0.2) is 26.6 Å². The van der Waals surface area contributed by atoms with Crippen LogP contribution in [0.25, 0.3) is 10.9 Å². The Morgan fingerprint density at radius 2 is 1.68 bits per heavy atom. The van der Waals surface area contributed by atoms with Crippen molar-refractivity contribution in [3.05, 3.63) is 87.2 Å². The molecular formula is C22H16ClF3N4O3S. The number of aryl methyl sites for hydroxylation is 2. The molecule has 12 heteroatoms. The Bertz CT molecular complexity index is 1620. The van der Waals surface area contributed by atoms with Crippen molar-refractivity contribution in [3.8, 4) is 0 Å². The van der Waals surface area contributed by atoms with Crippen molar-refractivity contribution in [1.82, 2.24) is 9.55 Å². The van der Waals surface area contributed by atoms with Gasteiger partial charge in [-0.2, -0.15) is 0 Å². The molecule has 0 radical (unpaired) electrons. The summed E-state index contributed by atoms with van der Waals surface area (Å²) in [6.07, 6.45) is 1.38. The number of hydrogen-bond donors (Lipinski definition) is 2. The highest BCUT2D eigenvalue weighted by Crippen LogP contribution is 2.37. The summed E-state index contributed by atoms with van der Waals surface area (Å²) in [5.41, 5.74) is 0.367. The van der Waals surface area contributed by atoms with Crippen molar-refractivity contribution in [2.75, 3.05) is 10.0 Å². The summed E-state index contributed by atoms with van der Waals surface area (Å²) in [6.45, 7) is 1.64. The van der Waals surface area contributed by atoms with Gasteiger partial charge in [0.15, 0.2) is 0 Å². The summed E-state index contributed by atoms with van der Waals surface area (Å²) in [5, 5.41) is 2.73. The average Bonchev–Trinajstić information content (AvgIpc) is 2.78. The fraction of sp³-hybridized carbons (Fsp3) is 0.0909.